The predicted molar refractivity (Wildman–Crippen MR) is 104 cm³/mol. The first-order valence-electron chi connectivity index (χ1n) is 6.86. The zero-order chi connectivity index (χ0) is 19.1. The molecule has 1 N–H and O–H groups in total. The van der Waals surface area contributed by atoms with E-state index in [9.17, 15) is 17.6 Å². The van der Waals surface area contributed by atoms with Crippen LogP contribution in [-0.4, -0.2) is 36.4 Å². The lowest BCUT2D eigenvalue weighted by molar-refractivity contribution is -0.113. The predicted octanol–water partition coefficient (Wildman–Crippen LogP) is 3.31. The molecule has 1 aromatic heterocycles. The van der Waals surface area contributed by atoms with E-state index in [1.807, 2.05) is 0 Å². The fourth-order valence-corrected chi connectivity index (χ4v) is 4.51. The number of rotatable bonds is 3. The van der Waals surface area contributed by atoms with E-state index in [1.54, 1.807) is 0 Å². The topological polar surface area (TPSA) is 91.7 Å². The summed E-state index contributed by atoms with van der Waals surface area (Å²) in [7, 11) is -2.85. The number of thiazole rings is 1. The van der Waals surface area contributed by atoms with Gasteiger partial charge < -0.3 is 5.32 Å². The lowest BCUT2D eigenvalue weighted by Gasteiger charge is -2.23. The molecule has 1 aliphatic heterocycles. The van der Waals surface area contributed by atoms with E-state index in [0.717, 1.165) is 4.31 Å². The Hall–Kier alpha value is -1.63. The minimum Gasteiger partial charge on any atom is -0.321 e. The summed E-state index contributed by atoms with van der Waals surface area (Å²) in [5.41, 5.74) is 0.224. The number of aromatic nitrogens is 1. The first kappa shape index (κ1) is 19.1. The summed E-state index contributed by atoms with van der Waals surface area (Å²) in [5, 5.41) is 2.88. The van der Waals surface area contributed by atoms with Gasteiger partial charge in [-0.1, -0.05) is 0 Å². The van der Waals surface area contributed by atoms with E-state index in [-0.39, 0.29) is 15.9 Å². The van der Waals surface area contributed by atoms with Gasteiger partial charge in [-0.3, -0.25) is 4.79 Å². The summed E-state index contributed by atoms with van der Waals surface area (Å²) < 4.78 is 43.1. The summed E-state index contributed by atoms with van der Waals surface area (Å²) in [4.78, 5) is 16.6. The van der Waals surface area contributed by atoms with Crippen molar-refractivity contribution < 1.29 is 17.6 Å². The van der Waals surface area contributed by atoms with Crippen molar-refractivity contribution in [3.63, 3.8) is 0 Å². The number of amides is 1. The highest BCUT2D eigenvalue weighted by molar-refractivity contribution is 9.11. The van der Waals surface area contributed by atoms with Gasteiger partial charge in [0.2, 0.25) is 0 Å². The van der Waals surface area contributed by atoms with Crippen molar-refractivity contribution in [2.75, 3.05) is 12.4 Å². The Morgan fingerprint density at radius 3 is 2.69 bits per heavy atom. The quantitative estimate of drug-likeness (QED) is 0.668. The number of nitrogens with zero attached hydrogens (tertiary/aromatic N) is 3. The molecule has 7 nitrogen and oxygen atoms in total. The maximum Gasteiger partial charge on any atom is 0.345 e. The molecule has 136 valence electrons. The molecule has 0 saturated heterocycles. The third-order valence-corrected chi connectivity index (χ3v) is 6.70. The van der Waals surface area contributed by atoms with Gasteiger partial charge >= 0.3 is 10.2 Å². The molecule has 2 heterocycles. The van der Waals surface area contributed by atoms with E-state index in [4.69, 9.17) is 0 Å². The molecule has 12 heteroatoms. The molecule has 0 spiro atoms. The van der Waals surface area contributed by atoms with Crippen LogP contribution in [0.2, 0.25) is 0 Å². The molecule has 1 aromatic carbocycles. The monoisotopic (exact) mass is 522 g/mol. The van der Waals surface area contributed by atoms with Gasteiger partial charge in [-0.15, -0.1) is 15.7 Å². The van der Waals surface area contributed by atoms with Crippen LogP contribution in [0.3, 0.4) is 0 Å². The van der Waals surface area contributed by atoms with Crippen LogP contribution in [0.4, 0.5) is 10.1 Å². The van der Waals surface area contributed by atoms with E-state index >= 15 is 0 Å². The van der Waals surface area contributed by atoms with Crippen molar-refractivity contribution >= 4 is 70.7 Å². The Labute approximate surface area is 169 Å². The summed E-state index contributed by atoms with van der Waals surface area (Å²) >= 11 is 7.46. The zero-order valence-electron chi connectivity index (χ0n) is 12.9. The Morgan fingerprint density at radius 2 is 2.08 bits per heavy atom. The van der Waals surface area contributed by atoms with Crippen LogP contribution in [0.15, 0.2) is 48.8 Å². The van der Waals surface area contributed by atoms with Gasteiger partial charge in [0.15, 0.2) is 0 Å². The van der Waals surface area contributed by atoms with Gasteiger partial charge in [-0.05, 0) is 56.1 Å². The molecule has 0 unspecified atom stereocenters. The molecule has 3 rings (SSSR count). The fourth-order valence-electron chi connectivity index (χ4n) is 2.01. The Balaban J connectivity index is 1.95. The molecule has 2 aromatic rings. The molecular formula is C14H9Br2FN4O3S2. The normalized spacial score (nSPS) is 16.1. The fraction of sp³-hybridized carbons (Fsp3) is 0.0714. The number of hydrogen-bond donors (Lipinski definition) is 1. The SMILES string of the molecule is CN1C(C(=O)Nc2ccc(F)c(Br)c2)=CC(c2ncc(Br)s2)=NS1(=O)=O. The maximum absolute atomic E-state index is 13.3. The number of halogens is 3. The van der Waals surface area contributed by atoms with Gasteiger partial charge in [-0.2, -0.15) is 8.42 Å². The average molecular weight is 524 g/mol. The van der Waals surface area contributed by atoms with Crippen LogP contribution in [-0.2, 0) is 15.0 Å². The lowest BCUT2D eigenvalue weighted by Crippen LogP contribution is -2.35. The van der Waals surface area contributed by atoms with Crippen LogP contribution < -0.4 is 5.32 Å². The highest BCUT2D eigenvalue weighted by atomic mass is 79.9. The standard InChI is InChI=1S/C14H9Br2FN4O3S2/c1-21-11(13(22)19-7-2-3-9(17)8(15)4-7)5-10(20-26(21,23)24)14-18-6-12(16)25-14/h2-6H,1H3,(H,19,22). The second-order valence-corrected chi connectivity index (χ2v) is 9.89. The largest absolute Gasteiger partial charge is 0.345 e. The minimum atomic E-state index is -4.08. The molecule has 0 aliphatic carbocycles. The van der Waals surface area contributed by atoms with Gasteiger partial charge in [0.1, 0.15) is 22.2 Å². The number of nitrogens with one attached hydrogen (secondary N) is 1. The van der Waals surface area contributed by atoms with Crippen LogP contribution in [0.25, 0.3) is 0 Å². The number of allylic oxidation sites excluding steroid dienone is 1. The number of likely N-dealkylation sites (N-methyl/N-ethyl adjacent to an activating group) is 1. The lowest BCUT2D eigenvalue weighted by atomic mass is 10.2. The molecule has 0 atom stereocenters. The van der Waals surface area contributed by atoms with Crippen molar-refractivity contribution in [3.05, 3.63) is 55.3 Å². The summed E-state index contributed by atoms with van der Waals surface area (Å²) in [6.45, 7) is 0. The molecule has 0 radical (unpaired) electrons. The molecule has 26 heavy (non-hydrogen) atoms. The second-order valence-electron chi connectivity index (χ2n) is 5.00. The number of hydrogen-bond acceptors (Lipinski definition) is 5. The van der Waals surface area contributed by atoms with Crippen molar-refractivity contribution in [2.45, 2.75) is 0 Å². The Morgan fingerprint density at radius 1 is 1.35 bits per heavy atom. The summed E-state index contributed by atoms with van der Waals surface area (Å²) in [6, 6.07) is 3.91. The van der Waals surface area contributed by atoms with Crippen LogP contribution >= 0.6 is 43.2 Å². The van der Waals surface area contributed by atoms with Crippen molar-refractivity contribution in [1.82, 2.24) is 9.29 Å². The van der Waals surface area contributed by atoms with Crippen molar-refractivity contribution in [2.24, 2.45) is 4.40 Å². The van der Waals surface area contributed by atoms with E-state index in [2.05, 4.69) is 46.6 Å². The first-order chi connectivity index (χ1) is 12.2. The molecule has 0 fully saturated rings. The number of benzene rings is 1. The van der Waals surface area contributed by atoms with Crippen LogP contribution in [0.5, 0.6) is 0 Å². The molecule has 1 aliphatic rings. The molecule has 0 saturated carbocycles. The van der Waals surface area contributed by atoms with E-state index in [1.165, 1.54) is 48.9 Å². The summed E-state index contributed by atoms with van der Waals surface area (Å²) in [5.74, 6) is -1.17. The smallest absolute Gasteiger partial charge is 0.321 e. The molecule has 0 bridgehead atoms. The summed E-state index contributed by atoms with van der Waals surface area (Å²) in [6.07, 6.45) is 2.84. The number of carbonyl (C=O) groups is 1. The Kier molecular flexibility index (Phi) is 5.28. The molecule has 1 amide bonds. The first-order valence-corrected chi connectivity index (χ1v) is 10.7. The van der Waals surface area contributed by atoms with Gasteiger partial charge in [0.05, 0.1) is 14.5 Å². The van der Waals surface area contributed by atoms with Crippen molar-refractivity contribution in [1.29, 1.82) is 0 Å². The van der Waals surface area contributed by atoms with Crippen LogP contribution in [0.1, 0.15) is 5.01 Å². The highest BCUT2D eigenvalue weighted by Gasteiger charge is 2.31. The number of carbonyl (C=O) groups excluding carboxylic acids is 1. The zero-order valence-corrected chi connectivity index (χ0v) is 17.7. The minimum absolute atomic E-state index is 0.0595. The number of anilines is 1. The third-order valence-electron chi connectivity index (χ3n) is 3.28. The maximum atomic E-state index is 13.3. The van der Waals surface area contributed by atoms with Gasteiger partial charge in [0, 0.05) is 12.7 Å². The van der Waals surface area contributed by atoms with Gasteiger partial charge in [-0.25, -0.2) is 13.7 Å². The van der Waals surface area contributed by atoms with E-state index < -0.39 is 21.9 Å². The molecular weight excluding hydrogens is 515 g/mol. The Bertz CT molecular complexity index is 1070. The average Bonchev–Trinajstić information content (AvgIpc) is 2.99. The highest BCUT2D eigenvalue weighted by Crippen LogP contribution is 2.26. The second kappa shape index (κ2) is 7.18. The van der Waals surface area contributed by atoms with E-state index in [0.29, 0.717) is 14.5 Å². The van der Waals surface area contributed by atoms with Crippen LogP contribution in [0, 0.1) is 5.82 Å². The third kappa shape index (κ3) is 3.87. The van der Waals surface area contributed by atoms with Crippen molar-refractivity contribution in [3.8, 4) is 0 Å². The van der Waals surface area contributed by atoms with Gasteiger partial charge in [0.25, 0.3) is 5.91 Å².